The molecule has 0 radical (unpaired) electrons. The Morgan fingerprint density at radius 3 is 2.34 bits per heavy atom. The Bertz CT molecular complexity index is 2290. The zero-order valence-electron chi connectivity index (χ0n) is 41.8. The molecule has 20 heteroatoms. The quantitative estimate of drug-likeness (QED) is 0.142. The standard InChI is InChI=1S/C50H68ClN5O14/c1-29-12-11-13-36(66-10)50(64)26-35(67-46(63)53-50)30(2)44-49(7,69-44)37(25-41(60)54(8)33-23-31(22-29)24-34(65-9)43(33)51)68-45(62)32-16-19-55(20-17-32)42(61)27-47(3,4)70-48(5,6)28-52-38(57)18-21-56-39(58)14-15-40(56)59/h11-15,23-24,30,32,35-37,44,64H,16-22,25-28H2,1-10H3,(H,52,57)(H,53,63)/b13-11+,29-12+/t30-,35+,36?,37+,44+,49-,50+/m1/s1. The van der Waals surface area contributed by atoms with E-state index in [0.717, 1.165) is 28.2 Å². The average Bonchev–Trinajstić information content (AvgIpc) is 3.89. The maximum Gasteiger partial charge on any atom is 0.409 e. The van der Waals surface area contributed by atoms with Crippen molar-refractivity contribution in [1.29, 1.82) is 0 Å². The van der Waals surface area contributed by atoms with E-state index in [2.05, 4.69) is 10.6 Å². The molecule has 6 rings (SSSR count). The van der Waals surface area contributed by atoms with Crippen molar-refractivity contribution in [2.24, 2.45) is 11.8 Å². The molecule has 1 aromatic rings. The lowest BCUT2D eigenvalue weighted by Gasteiger charge is -2.42. The number of likely N-dealkylation sites (tertiary alicyclic amines) is 1. The summed E-state index contributed by atoms with van der Waals surface area (Å²) in [6.07, 6.45) is 3.69. The third kappa shape index (κ3) is 12.8. The number of carbonyl (C=O) groups excluding carboxylic acids is 7. The minimum absolute atomic E-state index is 0.0142. The lowest BCUT2D eigenvalue weighted by atomic mass is 9.83. The summed E-state index contributed by atoms with van der Waals surface area (Å²) in [5.41, 5.74) is -2.82. The van der Waals surface area contributed by atoms with Crippen LogP contribution in [0.4, 0.5) is 10.5 Å². The lowest BCUT2D eigenvalue weighted by Crippen LogP contribution is -2.63. The summed E-state index contributed by atoms with van der Waals surface area (Å²) in [5.74, 6) is -3.25. The monoisotopic (exact) mass is 997 g/mol. The minimum Gasteiger partial charge on any atom is -0.495 e. The molecule has 0 spiro atoms. The third-order valence-electron chi connectivity index (χ3n) is 13.7. The molecule has 0 aromatic heterocycles. The zero-order valence-corrected chi connectivity index (χ0v) is 42.5. The van der Waals surface area contributed by atoms with E-state index in [0.29, 0.717) is 30.7 Å². The number of epoxide rings is 1. The summed E-state index contributed by atoms with van der Waals surface area (Å²) in [7, 11) is 4.49. The van der Waals surface area contributed by atoms with Gasteiger partial charge in [-0.05, 0) is 78.5 Å². The van der Waals surface area contributed by atoms with Crippen LogP contribution in [0.2, 0.25) is 5.02 Å². The Kier molecular flexibility index (Phi) is 16.6. The Morgan fingerprint density at radius 1 is 1.03 bits per heavy atom. The number of methoxy groups -OCH3 is 2. The van der Waals surface area contributed by atoms with Gasteiger partial charge in [0.05, 0.1) is 48.9 Å². The molecule has 1 aromatic carbocycles. The zero-order chi connectivity index (χ0) is 51.5. The number of benzene rings is 1. The van der Waals surface area contributed by atoms with Gasteiger partial charge < -0.3 is 48.6 Å². The Hall–Kier alpha value is -5.34. The number of alkyl carbamates (subject to hydrolysis) is 1. The van der Waals surface area contributed by atoms with Crippen molar-refractivity contribution >= 4 is 58.9 Å². The number of imide groups is 1. The highest BCUT2D eigenvalue weighted by atomic mass is 35.5. The first-order valence-electron chi connectivity index (χ1n) is 23.7. The molecule has 7 atom stereocenters. The maximum absolute atomic E-state index is 14.4. The SMILES string of the molecule is COc1cc2cc(c1Cl)N(C)C(=O)C[C@H](OC(=O)C1CCN(C(=O)CC(C)(C)OC(C)(C)CNC(=O)CCN3C(=O)C=CC3=O)CC1)[C@@]1(C)O[C@H]1[C@H](C)[C@@H]1C[C@@](O)(NC(=O)O1)C(OC)/C=C/C=C(\C)C2. The van der Waals surface area contributed by atoms with Crippen LogP contribution in [0.3, 0.4) is 0 Å². The largest absolute Gasteiger partial charge is 0.495 e. The molecule has 384 valence electrons. The number of piperidine rings is 1. The van der Waals surface area contributed by atoms with E-state index in [1.54, 1.807) is 77.8 Å². The van der Waals surface area contributed by atoms with Crippen LogP contribution in [0.1, 0.15) is 92.6 Å². The summed E-state index contributed by atoms with van der Waals surface area (Å²) >= 11 is 6.83. The number of rotatable bonds is 13. The smallest absolute Gasteiger partial charge is 0.409 e. The molecule has 3 N–H and O–H groups in total. The van der Waals surface area contributed by atoms with Crippen LogP contribution >= 0.6 is 11.6 Å². The molecule has 70 heavy (non-hydrogen) atoms. The number of allylic oxidation sites excluding steroid dienone is 3. The maximum atomic E-state index is 14.4. The molecular weight excluding hydrogens is 930 g/mol. The van der Waals surface area contributed by atoms with Crippen molar-refractivity contribution in [1.82, 2.24) is 20.4 Å². The third-order valence-corrected chi connectivity index (χ3v) is 14.1. The number of nitrogens with one attached hydrogen (secondary N) is 2. The van der Waals surface area contributed by atoms with Crippen LogP contribution in [0.25, 0.3) is 0 Å². The molecular formula is C50H68ClN5O14. The van der Waals surface area contributed by atoms with Crippen LogP contribution in [0.15, 0.2) is 48.1 Å². The predicted octanol–water partition coefficient (Wildman–Crippen LogP) is 4.30. The molecule has 4 bridgehead atoms. The fraction of sp³-hybridized carbons (Fsp3) is 0.620. The summed E-state index contributed by atoms with van der Waals surface area (Å²) in [6.45, 7) is 13.2. The van der Waals surface area contributed by atoms with Gasteiger partial charge in [0, 0.05) is 71.2 Å². The van der Waals surface area contributed by atoms with Crippen LogP contribution < -0.4 is 20.3 Å². The van der Waals surface area contributed by atoms with Crippen LogP contribution in [-0.2, 0) is 58.9 Å². The van der Waals surface area contributed by atoms with E-state index in [9.17, 15) is 38.7 Å². The van der Waals surface area contributed by atoms with Crippen LogP contribution in [0, 0.1) is 11.8 Å². The number of ether oxygens (including phenoxy) is 6. The van der Waals surface area contributed by atoms with Crippen molar-refractivity contribution in [2.45, 2.75) is 140 Å². The van der Waals surface area contributed by atoms with Gasteiger partial charge in [0.15, 0.2) is 5.72 Å². The summed E-state index contributed by atoms with van der Waals surface area (Å²) in [5, 5.41) is 17.4. The van der Waals surface area contributed by atoms with E-state index in [1.807, 2.05) is 13.0 Å². The number of halogens is 1. The van der Waals surface area contributed by atoms with Gasteiger partial charge in [-0.2, -0.15) is 0 Å². The van der Waals surface area contributed by atoms with Crippen LogP contribution in [0.5, 0.6) is 5.75 Å². The molecule has 19 nitrogen and oxygen atoms in total. The highest BCUT2D eigenvalue weighted by molar-refractivity contribution is 6.35. The van der Waals surface area contributed by atoms with E-state index in [1.165, 1.54) is 19.1 Å². The number of nitrogens with zero attached hydrogens (tertiary/aromatic N) is 3. The van der Waals surface area contributed by atoms with Gasteiger partial charge in [-0.1, -0.05) is 42.3 Å². The fourth-order valence-electron chi connectivity index (χ4n) is 9.77. The number of aliphatic hydroxyl groups is 1. The first kappa shape index (κ1) is 54.0. The Labute approximate surface area is 414 Å². The molecule has 1 unspecified atom stereocenters. The molecule has 6 amide bonds. The van der Waals surface area contributed by atoms with Gasteiger partial charge in [-0.15, -0.1) is 0 Å². The first-order valence-corrected chi connectivity index (χ1v) is 24.0. The fourth-order valence-corrected chi connectivity index (χ4v) is 10.1. The number of fused-ring (bicyclic) bond motifs is 5. The topological polar surface area (TPSA) is 232 Å². The van der Waals surface area contributed by atoms with Gasteiger partial charge in [-0.25, -0.2) is 4.79 Å². The second-order valence-corrected chi connectivity index (χ2v) is 20.7. The van der Waals surface area contributed by atoms with Crippen LogP contribution in [-0.4, -0.2) is 151 Å². The molecule has 3 fully saturated rings. The van der Waals surface area contributed by atoms with Crippen molar-refractivity contribution in [2.75, 3.05) is 52.3 Å². The molecule has 3 saturated heterocycles. The number of hydrogen-bond acceptors (Lipinski definition) is 14. The van der Waals surface area contributed by atoms with E-state index in [4.69, 9.17) is 40.0 Å². The highest BCUT2D eigenvalue weighted by Crippen LogP contribution is 2.49. The second kappa shape index (κ2) is 21.6. The minimum atomic E-state index is -1.85. The number of hydrogen-bond donors (Lipinski definition) is 3. The molecule has 5 aliphatic rings. The average molecular weight is 999 g/mol. The summed E-state index contributed by atoms with van der Waals surface area (Å²) in [6, 6.07) is 3.58. The molecule has 5 heterocycles. The molecule has 0 aliphatic carbocycles. The van der Waals surface area contributed by atoms with Gasteiger partial charge in [-0.3, -0.25) is 39.0 Å². The Balaban J connectivity index is 1.13. The number of carbonyl (C=O) groups is 7. The molecule has 5 aliphatic heterocycles. The van der Waals surface area contributed by atoms with Crippen molar-refractivity contribution < 1.29 is 67.1 Å². The van der Waals surface area contributed by atoms with Crippen molar-refractivity contribution in [3.05, 3.63) is 58.7 Å². The summed E-state index contributed by atoms with van der Waals surface area (Å²) < 4.78 is 36.0. The summed E-state index contributed by atoms with van der Waals surface area (Å²) in [4.78, 5) is 95.5. The number of anilines is 1. The van der Waals surface area contributed by atoms with Gasteiger partial charge in [0.1, 0.15) is 34.7 Å². The van der Waals surface area contributed by atoms with Gasteiger partial charge in [0.25, 0.3) is 11.8 Å². The number of esters is 1. The van der Waals surface area contributed by atoms with Gasteiger partial charge in [0.2, 0.25) is 17.7 Å². The molecule has 0 saturated carbocycles. The van der Waals surface area contributed by atoms with E-state index >= 15 is 0 Å². The first-order chi connectivity index (χ1) is 32.8. The highest BCUT2D eigenvalue weighted by Gasteiger charge is 2.64. The Morgan fingerprint density at radius 2 is 1.70 bits per heavy atom. The van der Waals surface area contributed by atoms with Crippen molar-refractivity contribution in [3.63, 3.8) is 0 Å². The van der Waals surface area contributed by atoms with Crippen molar-refractivity contribution in [3.8, 4) is 5.75 Å². The van der Waals surface area contributed by atoms with E-state index < -0.39 is 88.6 Å². The second-order valence-electron chi connectivity index (χ2n) is 20.4. The number of amides is 6. The lowest BCUT2D eigenvalue weighted by molar-refractivity contribution is -0.163. The predicted molar refractivity (Wildman–Crippen MR) is 255 cm³/mol. The van der Waals surface area contributed by atoms with E-state index in [-0.39, 0.29) is 68.7 Å². The van der Waals surface area contributed by atoms with Gasteiger partial charge >= 0.3 is 12.1 Å². The normalized spacial score (nSPS) is 29.1.